The molecule has 120 valence electrons. The first-order chi connectivity index (χ1) is 10.8. The van der Waals surface area contributed by atoms with Crippen LogP contribution in [0.3, 0.4) is 0 Å². The molecule has 0 aliphatic rings. The number of anilines is 2. The molecule has 2 aromatic carbocycles. The Morgan fingerprint density at radius 3 is 2.30 bits per heavy atom. The van der Waals surface area contributed by atoms with Crippen LogP contribution in [0.25, 0.3) is 0 Å². The molecule has 2 amide bonds. The number of nitro groups is 1. The molecule has 0 saturated heterocycles. The largest absolute Gasteiger partial charge is 0.385 e. The highest BCUT2D eigenvalue weighted by molar-refractivity contribution is 6.42. The molecular formula is C13H7Cl3FN3O3. The molecule has 10 heteroatoms. The number of carbonyl (C=O) groups excluding carboxylic acids is 1. The summed E-state index contributed by atoms with van der Waals surface area (Å²) in [5, 5.41) is 12.3. The summed E-state index contributed by atoms with van der Waals surface area (Å²) in [6, 6.07) is 6.10. The maximum Gasteiger partial charge on any atom is 0.385 e. The maximum atomic E-state index is 13.1. The second-order valence-corrected chi connectivity index (χ2v) is 5.46. The van der Waals surface area contributed by atoms with Crippen LogP contribution in [0.1, 0.15) is 0 Å². The predicted octanol–water partition coefficient (Wildman–Crippen LogP) is 5.02. The van der Waals surface area contributed by atoms with Gasteiger partial charge in [-0.1, -0.05) is 40.9 Å². The van der Waals surface area contributed by atoms with Gasteiger partial charge in [-0.3, -0.25) is 0 Å². The van der Waals surface area contributed by atoms with Gasteiger partial charge < -0.3 is 5.32 Å². The zero-order valence-electron chi connectivity index (χ0n) is 11.1. The Labute approximate surface area is 144 Å². The summed E-state index contributed by atoms with van der Waals surface area (Å²) < 4.78 is 13.1. The SMILES string of the molecule is O=C(Nc1cccc(F)c1)N(c1c(Cl)cc(Cl)cc1Cl)[N+](=O)[O-]. The average Bonchev–Trinajstić information content (AvgIpc) is 2.41. The molecular weight excluding hydrogens is 372 g/mol. The molecule has 0 aliphatic carbocycles. The Hall–Kier alpha value is -2.09. The van der Waals surface area contributed by atoms with E-state index in [9.17, 15) is 19.3 Å². The van der Waals surface area contributed by atoms with Crippen molar-refractivity contribution < 1.29 is 14.2 Å². The van der Waals surface area contributed by atoms with Crippen LogP contribution >= 0.6 is 34.8 Å². The number of rotatable bonds is 3. The highest BCUT2D eigenvalue weighted by atomic mass is 35.5. The Bertz CT molecular complexity index is 765. The molecule has 0 unspecified atom stereocenters. The van der Waals surface area contributed by atoms with Crippen LogP contribution < -0.4 is 10.3 Å². The molecule has 0 spiro atoms. The van der Waals surface area contributed by atoms with E-state index in [4.69, 9.17) is 34.8 Å². The minimum Gasteiger partial charge on any atom is -0.303 e. The van der Waals surface area contributed by atoms with Crippen molar-refractivity contribution in [3.63, 3.8) is 0 Å². The maximum absolute atomic E-state index is 13.1. The van der Waals surface area contributed by atoms with E-state index >= 15 is 0 Å². The normalized spacial score (nSPS) is 10.3. The van der Waals surface area contributed by atoms with Crippen molar-refractivity contribution >= 4 is 52.2 Å². The standard InChI is InChI=1S/C13H7Cl3FN3O3/c14-7-4-10(15)12(11(16)5-7)19(20(22)23)13(21)18-9-3-1-2-8(17)6-9/h1-6H,(H,18,21). The lowest BCUT2D eigenvalue weighted by molar-refractivity contribution is -0.481. The Balaban J connectivity index is 2.39. The lowest BCUT2D eigenvalue weighted by Crippen LogP contribution is -2.40. The number of benzene rings is 2. The van der Waals surface area contributed by atoms with Gasteiger partial charge in [0.05, 0.1) is 10.0 Å². The first kappa shape index (κ1) is 17.3. The van der Waals surface area contributed by atoms with Gasteiger partial charge in [-0.2, -0.15) is 0 Å². The van der Waals surface area contributed by atoms with Gasteiger partial charge >= 0.3 is 6.03 Å². The van der Waals surface area contributed by atoms with E-state index in [-0.39, 0.29) is 31.5 Å². The van der Waals surface area contributed by atoms with Crippen molar-refractivity contribution in [2.24, 2.45) is 0 Å². The second-order valence-electron chi connectivity index (χ2n) is 4.21. The lowest BCUT2D eigenvalue weighted by Gasteiger charge is -2.16. The van der Waals surface area contributed by atoms with Crippen LogP contribution in [0.15, 0.2) is 36.4 Å². The highest BCUT2D eigenvalue weighted by Crippen LogP contribution is 2.37. The molecule has 2 aromatic rings. The summed E-state index contributed by atoms with van der Waals surface area (Å²) >= 11 is 17.5. The minimum atomic E-state index is -1.17. The van der Waals surface area contributed by atoms with Crippen LogP contribution in [0.4, 0.5) is 20.6 Å². The number of halogens is 4. The Morgan fingerprint density at radius 2 is 1.78 bits per heavy atom. The summed E-state index contributed by atoms with van der Waals surface area (Å²) in [4.78, 5) is 23.4. The van der Waals surface area contributed by atoms with Gasteiger partial charge in [0, 0.05) is 10.7 Å². The topological polar surface area (TPSA) is 75.5 Å². The molecule has 1 N–H and O–H groups in total. The quantitative estimate of drug-likeness (QED) is 0.602. The summed E-state index contributed by atoms with van der Waals surface area (Å²) in [5.74, 6) is -0.613. The van der Waals surface area contributed by atoms with Gasteiger partial charge in [-0.15, -0.1) is 0 Å². The monoisotopic (exact) mass is 377 g/mol. The number of hydrogen-bond acceptors (Lipinski definition) is 3. The summed E-state index contributed by atoms with van der Waals surface area (Å²) in [6.07, 6.45) is 0. The summed E-state index contributed by atoms with van der Waals surface area (Å²) in [6.45, 7) is 0. The van der Waals surface area contributed by atoms with E-state index in [1.807, 2.05) is 0 Å². The fourth-order valence-electron chi connectivity index (χ4n) is 1.74. The molecule has 0 atom stereocenters. The summed E-state index contributed by atoms with van der Waals surface area (Å²) in [5.41, 5.74) is -0.320. The van der Waals surface area contributed by atoms with E-state index < -0.39 is 16.9 Å². The van der Waals surface area contributed by atoms with Crippen molar-refractivity contribution in [1.82, 2.24) is 0 Å². The van der Waals surface area contributed by atoms with Crippen LogP contribution in [-0.4, -0.2) is 11.1 Å². The number of nitrogens with one attached hydrogen (secondary N) is 1. The average molecular weight is 379 g/mol. The Kier molecular flexibility index (Phi) is 5.25. The van der Waals surface area contributed by atoms with Gasteiger partial charge in [-0.05, 0) is 35.3 Å². The van der Waals surface area contributed by atoms with E-state index in [0.29, 0.717) is 0 Å². The summed E-state index contributed by atoms with van der Waals surface area (Å²) in [7, 11) is 0. The van der Waals surface area contributed by atoms with Crippen molar-refractivity contribution in [3.8, 4) is 0 Å². The van der Waals surface area contributed by atoms with Crippen molar-refractivity contribution in [3.05, 3.63) is 67.4 Å². The number of carbonyl (C=O) groups is 1. The van der Waals surface area contributed by atoms with Crippen LogP contribution in [0.5, 0.6) is 0 Å². The number of urea groups is 1. The van der Waals surface area contributed by atoms with E-state index in [1.54, 1.807) is 0 Å². The van der Waals surface area contributed by atoms with Crippen molar-refractivity contribution in [1.29, 1.82) is 0 Å². The third kappa shape index (κ3) is 4.01. The zero-order valence-corrected chi connectivity index (χ0v) is 13.4. The van der Waals surface area contributed by atoms with E-state index in [2.05, 4.69) is 5.32 Å². The van der Waals surface area contributed by atoms with Crippen LogP contribution in [-0.2, 0) is 0 Å². The van der Waals surface area contributed by atoms with Gasteiger partial charge in [0.1, 0.15) is 5.82 Å². The van der Waals surface area contributed by atoms with Crippen LogP contribution in [0, 0.1) is 15.9 Å². The molecule has 2 rings (SSSR count). The van der Waals surface area contributed by atoms with Gasteiger partial charge in [0.15, 0.2) is 10.7 Å². The van der Waals surface area contributed by atoms with Gasteiger partial charge in [-0.25, -0.2) is 19.3 Å². The molecule has 0 aliphatic heterocycles. The number of hydrazine groups is 1. The fraction of sp³-hybridized carbons (Fsp3) is 0. The van der Waals surface area contributed by atoms with Crippen molar-refractivity contribution in [2.75, 3.05) is 10.3 Å². The smallest absolute Gasteiger partial charge is 0.303 e. The van der Waals surface area contributed by atoms with Gasteiger partial charge in [0.25, 0.3) is 0 Å². The first-order valence-corrected chi connectivity index (χ1v) is 7.08. The van der Waals surface area contributed by atoms with E-state index in [1.165, 1.54) is 24.3 Å². The Morgan fingerprint density at radius 1 is 1.17 bits per heavy atom. The second kappa shape index (κ2) is 6.99. The molecule has 0 radical (unpaired) electrons. The molecule has 0 bridgehead atoms. The predicted molar refractivity (Wildman–Crippen MR) is 86.4 cm³/mol. The number of amides is 2. The molecule has 0 heterocycles. The molecule has 23 heavy (non-hydrogen) atoms. The lowest BCUT2D eigenvalue weighted by atomic mass is 10.3. The molecule has 0 saturated carbocycles. The van der Waals surface area contributed by atoms with E-state index in [0.717, 1.165) is 12.1 Å². The first-order valence-electron chi connectivity index (χ1n) is 5.95. The third-order valence-corrected chi connectivity index (χ3v) is 3.42. The fourth-order valence-corrected chi connectivity index (χ4v) is 2.71. The van der Waals surface area contributed by atoms with Crippen molar-refractivity contribution in [2.45, 2.75) is 0 Å². The molecule has 6 nitrogen and oxygen atoms in total. The minimum absolute atomic E-state index is 0.0306. The molecule has 0 aromatic heterocycles. The van der Waals surface area contributed by atoms with Crippen LogP contribution in [0.2, 0.25) is 15.1 Å². The number of nitrogens with zero attached hydrogens (tertiary/aromatic N) is 2. The zero-order chi connectivity index (χ0) is 17.1. The highest BCUT2D eigenvalue weighted by Gasteiger charge is 2.32. The number of hydrogen-bond donors (Lipinski definition) is 1. The van der Waals surface area contributed by atoms with Gasteiger partial charge in [0.2, 0.25) is 0 Å². The molecule has 0 fully saturated rings. The third-order valence-electron chi connectivity index (χ3n) is 2.63.